The summed E-state index contributed by atoms with van der Waals surface area (Å²) >= 11 is 1.50. The molecule has 0 aliphatic carbocycles. The molecule has 148 valence electrons. The van der Waals surface area contributed by atoms with Gasteiger partial charge in [-0.3, -0.25) is 9.78 Å². The lowest BCUT2D eigenvalue weighted by molar-refractivity contribution is -0.117. The van der Waals surface area contributed by atoms with Crippen LogP contribution in [0.25, 0.3) is 17.1 Å². The molecule has 11 heteroatoms. The molecule has 1 amide bonds. The Kier molecular flexibility index (Phi) is 4.91. The Morgan fingerprint density at radius 2 is 2.21 bits per heavy atom. The number of hydrogen-bond acceptors (Lipinski definition) is 8. The number of primary amides is 1. The number of methoxy groups -OCH3 is 1. The molecule has 3 aromatic rings. The zero-order valence-electron chi connectivity index (χ0n) is 16.4. The highest BCUT2D eigenvalue weighted by molar-refractivity contribution is 7.99. The van der Waals surface area contributed by atoms with Crippen LogP contribution in [0.15, 0.2) is 16.8 Å². The van der Waals surface area contributed by atoms with Crippen molar-refractivity contribution in [2.45, 2.75) is 24.9 Å². The second-order valence-corrected chi connectivity index (χ2v) is 7.87. The molecule has 4 rings (SSSR count). The molecule has 0 fully saturated rings. The molecule has 4 heterocycles. The molecule has 0 aromatic carbocycles. The number of aryl methyl sites for hydroxylation is 1. The van der Waals surface area contributed by atoms with Crippen molar-refractivity contribution in [2.24, 2.45) is 5.73 Å². The maximum absolute atomic E-state index is 11.4. The number of anilines is 1. The number of nitrogens with two attached hydrogens (primary N) is 2. The topological polar surface area (TPSA) is 135 Å². The molecular weight excluding hydrogens is 389 g/mol. The second kappa shape index (κ2) is 7.39. The van der Waals surface area contributed by atoms with Crippen molar-refractivity contribution < 1.29 is 9.53 Å². The predicted octanol–water partition coefficient (Wildman–Crippen LogP) is -0.208. The summed E-state index contributed by atoms with van der Waals surface area (Å²) in [6, 6.07) is 0. The summed E-state index contributed by atoms with van der Waals surface area (Å²) in [7, 11) is 3.62. The fourth-order valence-electron chi connectivity index (χ4n) is 3.49. The van der Waals surface area contributed by atoms with E-state index < -0.39 is 0 Å². The Labute approximate surface area is 172 Å². The molecule has 1 aliphatic heterocycles. The van der Waals surface area contributed by atoms with Crippen LogP contribution < -0.4 is 21.7 Å². The summed E-state index contributed by atoms with van der Waals surface area (Å²) in [5.74, 6) is 1.20. The van der Waals surface area contributed by atoms with Gasteiger partial charge >= 0.3 is 0 Å². The van der Waals surface area contributed by atoms with Gasteiger partial charge in [0.15, 0.2) is 5.65 Å². The Morgan fingerprint density at radius 1 is 1.41 bits per heavy atom. The van der Waals surface area contributed by atoms with E-state index in [1.165, 1.54) is 11.8 Å². The maximum atomic E-state index is 11.4. The van der Waals surface area contributed by atoms with Crippen LogP contribution in [-0.2, 0) is 11.3 Å². The third-order valence-electron chi connectivity index (χ3n) is 4.79. The molecular formula is C18H20BN7O2S. The Morgan fingerprint density at radius 3 is 2.93 bits per heavy atom. The summed E-state index contributed by atoms with van der Waals surface area (Å²) < 4.78 is 7.28. The van der Waals surface area contributed by atoms with Gasteiger partial charge in [-0.05, 0) is 24.0 Å². The van der Waals surface area contributed by atoms with E-state index in [1.807, 2.05) is 20.8 Å². The quantitative estimate of drug-likeness (QED) is 0.437. The Bertz CT molecular complexity index is 1170. The van der Waals surface area contributed by atoms with Crippen molar-refractivity contribution in [3.63, 3.8) is 0 Å². The lowest BCUT2D eigenvalue weighted by Gasteiger charge is -2.13. The fraction of sp³-hybridized carbons (Fsp3) is 0.278. The van der Waals surface area contributed by atoms with Crippen LogP contribution in [0.1, 0.15) is 23.4 Å². The van der Waals surface area contributed by atoms with Crippen molar-refractivity contribution in [3.8, 4) is 5.75 Å². The SMILES string of the molecule is Bc1c(Cn2nc3c4c(nc(N)nc42)SCC(CC(N)=O)=C3)ncc(C)c1OC. The van der Waals surface area contributed by atoms with E-state index in [4.69, 9.17) is 21.3 Å². The lowest BCUT2D eigenvalue weighted by atomic mass is 9.91. The number of rotatable bonds is 5. The van der Waals surface area contributed by atoms with Crippen LogP contribution in [-0.4, -0.2) is 51.3 Å². The third kappa shape index (κ3) is 3.53. The molecule has 29 heavy (non-hydrogen) atoms. The molecule has 0 spiro atoms. The van der Waals surface area contributed by atoms with Gasteiger partial charge < -0.3 is 16.2 Å². The summed E-state index contributed by atoms with van der Waals surface area (Å²) in [5.41, 5.74) is 16.3. The number of thioether (sulfide) groups is 1. The van der Waals surface area contributed by atoms with E-state index in [1.54, 1.807) is 18.0 Å². The van der Waals surface area contributed by atoms with Gasteiger partial charge in [-0.2, -0.15) is 10.1 Å². The standard InChI is InChI=1S/C18H20BN7O2S/c1-8-5-22-11(14(19)15(8)28-2)6-26-16-13-10(25-26)3-9(4-12(20)27)7-29-17(13)24-18(21)23-16/h3,5H,4,6-7,19H2,1-2H3,(H2,20,27)(H2,21,23,24). The molecule has 0 unspecified atom stereocenters. The fourth-order valence-corrected chi connectivity index (χ4v) is 4.50. The Balaban J connectivity index is 1.85. The number of carbonyl (C=O) groups excluding carboxylic acids is 1. The van der Waals surface area contributed by atoms with E-state index in [9.17, 15) is 4.79 Å². The number of aromatic nitrogens is 5. The van der Waals surface area contributed by atoms with Crippen LogP contribution in [0, 0.1) is 6.92 Å². The third-order valence-corrected chi connectivity index (χ3v) is 5.87. The minimum Gasteiger partial charge on any atom is -0.497 e. The molecule has 0 saturated carbocycles. The van der Waals surface area contributed by atoms with Gasteiger partial charge in [-0.1, -0.05) is 0 Å². The van der Waals surface area contributed by atoms with Crippen LogP contribution in [0.3, 0.4) is 0 Å². The molecule has 0 atom stereocenters. The molecule has 9 nitrogen and oxygen atoms in total. The highest BCUT2D eigenvalue weighted by atomic mass is 32.2. The monoisotopic (exact) mass is 409 g/mol. The molecule has 3 aromatic heterocycles. The predicted molar refractivity (Wildman–Crippen MR) is 115 cm³/mol. The van der Waals surface area contributed by atoms with Gasteiger partial charge in [0.2, 0.25) is 11.9 Å². The number of carbonyl (C=O) groups is 1. The molecule has 0 saturated heterocycles. The molecule has 4 N–H and O–H groups in total. The normalized spacial score (nSPS) is 13.2. The van der Waals surface area contributed by atoms with E-state index >= 15 is 0 Å². The first-order valence-electron chi connectivity index (χ1n) is 9.01. The van der Waals surface area contributed by atoms with Crippen LogP contribution >= 0.6 is 11.8 Å². The Hall–Kier alpha value is -3.08. The highest BCUT2D eigenvalue weighted by Crippen LogP contribution is 2.35. The average Bonchev–Trinajstić information content (AvgIpc) is 2.89. The smallest absolute Gasteiger partial charge is 0.223 e. The van der Waals surface area contributed by atoms with E-state index in [2.05, 4.69) is 15.0 Å². The summed E-state index contributed by atoms with van der Waals surface area (Å²) in [5, 5.41) is 6.29. The summed E-state index contributed by atoms with van der Waals surface area (Å²) in [4.78, 5) is 24.8. The van der Waals surface area contributed by atoms with Crippen LogP contribution in [0.5, 0.6) is 5.75 Å². The first-order chi connectivity index (χ1) is 13.9. The van der Waals surface area contributed by atoms with Gasteiger partial charge in [0.05, 0.1) is 30.4 Å². The van der Waals surface area contributed by atoms with Crippen molar-refractivity contribution in [3.05, 3.63) is 28.7 Å². The number of ether oxygens (including phenoxy) is 1. The van der Waals surface area contributed by atoms with Gasteiger partial charge in [-0.25, -0.2) is 9.67 Å². The zero-order valence-corrected chi connectivity index (χ0v) is 17.2. The minimum absolute atomic E-state index is 0.175. The van der Waals surface area contributed by atoms with Gasteiger partial charge in [0.25, 0.3) is 0 Å². The highest BCUT2D eigenvalue weighted by Gasteiger charge is 2.22. The van der Waals surface area contributed by atoms with Gasteiger partial charge in [0.1, 0.15) is 18.6 Å². The maximum Gasteiger partial charge on any atom is 0.223 e. The number of nitrogen functional groups attached to an aromatic ring is 1. The number of amides is 1. The van der Waals surface area contributed by atoms with E-state index in [0.29, 0.717) is 23.6 Å². The van der Waals surface area contributed by atoms with Crippen molar-refractivity contribution in [2.75, 3.05) is 18.6 Å². The van der Waals surface area contributed by atoms with Crippen molar-refractivity contribution in [1.29, 1.82) is 0 Å². The molecule has 0 bridgehead atoms. The minimum atomic E-state index is -0.379. The lowest BCUT2D eigenvalue weighted by Crippen LogP contribution is -2.20. The first kappa shape index (κ1) is 19.3. The van der Waals surface area contributed by atoms with Crippen molar-refractivity contribution >= 4 is 54.0 Å². The van der Waals surface area contributed by atoms with Crippen LogP contribution in [0.2, 0.25) is 0 Å². The van der Waals surface area contributed by atoms with Crippen LogP contribution in [0.4, 0.5) is 5.95 Å². The van der Waals surface area contributed by atoms with Gasteiger partial charge in [-0.15, -0.1) is 11.8 Å². The summed E-state index contributed by atoms with van der Waals surface area (Å²) in [6.07, 6.45) is 3.85. The van der Waals surface area contributed by atoms with E-state index in [-0.39, 0.29) is 18.3 Å². The number of nitrogens with zero attached hydrogens (tertiary/aromatic N) is 5. The largest absolute Gasteiger partial charge is 0.497 e. The number of pyridine rings is 1. The number of hydrogen-bond donors (Lipinski definition) is 2. The first-order valence-corrected chi connectivity index (χ1v) is 9.99. The summed E-state index contributed by atoms with van der Waals surface area (Å²) in [6.45, 7) is 2.36. The second-order valence-electron chi connectivity index (χ2n) is 6.91. The average molecular weight is 409 g/mol. The van der Waals surface area contributed by atoms with Crippen molar-refractivity contribution in [1.82, 2.24) is 24.7 Å². The van der Waals surface area contributed by atoms with E-state index in [0.717, 1.165) is 38.5 Å². The molecule has 1 aliphatic rings. The zero-order chi connectivity index (χ0) is 20.7. The van der Waals surface area contributed by atoms with Gasteiger partial charge in [0, 0.05) is 23.9 Å². The molecule has 0 radical (unpaired) electrons.